The Balaban J connectivity index is 1.54. The first kappa shape index (κ1) is 25.1. The molecule has 3 aromatic rings. The molecule has 1 unspecified atom stereocenters. The fourth-order valence-electron chi connectivity index (χ4n) is 4.02. The van der Waals surface area contributed by atoms with Gasteiger partial charge in [0.05, 0.1) is 26.3 Å². The molecule has 1 aliphatic rings. The van der Waals surface area contributed by atoms with Gasteiger partial charge in [-0.25, -0.2) is 4.39 Å². The first-order chi connectivity index (χ1) is 17.4. The Kier molecular flexibility index (Phi) is 7.80. The molecule has 1 saturated heterocycles. The van der Waals surface area contributed by atoms with Crippen molar-refractivity contribution in [2.45, 2.75) is 18.9 Å². The van der Waals surface area contributed by atoms with Crippen LogP contribution in [0.15, 0.2) is 72.8 Å². The van der Waals surface area contributed by atoms with Crippen LogP contribution in [0, 0.1) is 5.82 Å². The number of halogens is 1. The van der Waals surface area contributed by atoms with Gasteiger partial charge in [-0.3, -0.25) is 14.5 Å². The fraction of sp³-hybridized carbons (Fsp3) is 0.222. The van der Waals surface area contributed by atoms with Crippen molar-refractivity contribution < 1.29 is 23.5 Å². The lowest BCUT2D eigenvalue weighted by molar-refractivity contribution is -0.124. The molecule has 36 heavy (non-hydrogen) atoms. The number of hydrogen-bond acceptors (Lipinski definition) is 5. The summed E-state index contributed by atoms with van der Waals surface area (Å²) in [5.74, 6) is 0.412. The molecular weight excluding hydrogens is 481 g/mol. The Hall–Kier alpha value is -3.98. The molecule has 1 aliphatic heterocycles. The van der Waals surface area contributed by atoms with Crippen molar-refractivity contribution in [3.8, 4) is 11.5 Å². The summed E-state index contributed by atoms with van der Waals surface area (Å²) >= 11 is 5.70. The maximum Gasteiger partial charge on any atom is 0.256 e. The molecule has 9 heteroatoms. The molecule has 0 spiro atoms. The maximum atomic E-state index is 13.5. The number of methoxy groups -OCH3 is 2. The number of carbonyl (C=O) groups is 2. The highest BCUT2D eigenvalue weighted by Crippen LogP contribution is 2.29. The monoisotopic (exact) mass is 507 g/mol. The second-order valence-electron chi connectivity index (χ2n) is 8.22. The van der Waals surface area contributed by atoms with Crippen LogP contribution in [0.4, 0.5) is 15.8 Å². The molecule has 1 atom stereocenters. The summed E-state index contributed by atoms with van der Waals surface area (Å²) in [7, 11) is 3.13. The number of amides is 2. The average molecular weight is 508 g/mol. The summed E-state index contributed by atoms with van der Waals surface area (Å²) in [6.07, 6.45) is 0.446. The highest BCUT2D eigenvalue weighted by atomic mass is 32.1. The van der Waals surface area contributed by atoms with Gasteiger partial charge in [0.25, 0.3) is 5.91 Å². The highest BCUT2D eigenvalue weighted by molar-refractivity contribution is 7.80. The molecule has 186 valence electrons. The number of nitrogens with zero attached hydrogens (tertiary/aromatic N) is 2. The number of nitrogens with one attached hydrogen (secondary N) is 1. The highest BCUT2D eigenvalue weighted by Gasteiger charge is 2.43. The molecule has 7 nitrogen and oxygen atoms in total. The molecule has 0 radical (unpaired) electrons. The van der Waals surface area contributed by atoms with Crippen molar-refractivity contribution in [1.29, 1.82) is 0 Å². The van der Waals surface area contributed by atoms with E-state index in [1.54, 1.807) is 79.8 Å². The minimum Gasteiger partial charge on any atom is -0.497 e. The van der Waals surface area contributed by atoms with Crippen molar-refractivity contribution in [1.82, 2.24) is 4.90 Å². The van der Waals surface area contributed by atoms with Crippen LogP contribution in [0.3, 0.4) is 0 Å². The van der Waals surface area contributed by atoms with Gasteiger partial charge in [0, 0.05) is 12.2 Å². The van der Waals surface area contributed by atoms with Crippen LogP contribution < -0.4 is 19.7 Å². The minimum absolute atomic E-state index is 0.0823. The lowest BCUT2D eigenvalue weighted by atomic mass is 10.1. The lowest BCUT2D eigenvalue weighted by Crippen LogP contribution is -2.39. The van der Waals surface area contributed by atoms with E-state index in [1.807, 2.05) is 0 Å². The lowest BCUT2D eigenvalue weighted by Gasteiger charge is -2.24. The summed E-state index contributed by atoms with van der Waals surface area (Å²) in [5.41, 5.74) is 2.09. The van der Waals surface area contributed by atoms with E-state index in [0.29, 0.717) is 41.0 Å². The third kappa shape index (κ3) is 5.63. The van der Waals surface area contributed by atoms with E-state index in [2.05, 4.69) is 5.32 Å². The topological polar surface area (TPSA) is 71.1 Å². The first-order valence-electron chi connectivity index (χ1n) is 11.4. The number of ether oxygens (including phenoxy) is 2. The van der Waals surface area contributed by atoms with Crippen molar-refractivity contribution in [3.63, 3.8) is 0 Å². The standard InChI is InChI=1S/C27H26FN3O4S/c1-34-22-11-7-20(8-12-22)29-25(32)17-24-26(33)31(21-9-13-23(35-2)14-10-21)27(36)30(24)16-15-18-3-5-19(28)6-4-18/h3-14,24H,15-17H2,1-2H3,(H,29,32). The first-order valence-corrected chi connectivity index (χ1v) is 11.8. The van der Waals surface area contributed by atoms with Gasteiger partial charge in [-0.15, -0.1) is 0 Å². The van der Waals surface area contributed by atoms with E-state index in [4.69, 9.17) is 21.7 Å². The quantitative estimate of drug-likeness (QED) is 0.433. The molecule has 4 rings (SSSR count). The summed E-state index contributed by atoms with van der Waals surface area (Å²) < 4.78 is 23.7. The Labute approximate surface area is 214 Å². The summed E-state index contributed by atoms with van der Waals surface area (Å²) in [4.78, 5) is 29.7. The van der Waals surface area contributed by atoms with Gasteiger partial charge >= 0.3 is 0 Å². The third-order valence-corrected chi connectivity index (χ3v) is 6.37. The number of anilines is 2. The predicted molar refractivity (Wildman–Crippen MR) is 140 cm³/mol. The summed E-state index contributed by atoms with van der Waals surface area (Å²) in [6.45, 7) is 0.392. The van der Waals surface area contributed by atoms with Gasteiger partial charge in [0.15, 0.2) is 5.11 Å². The molecule has 0 aromatic heterocycles. The number of thiocarbonyl (C=S) groups is 1. The maximum absolute atomic E-state index is 13.5. The molecule has 1 N–H and O–H groups in total. The fourth-order valence-corrected chi connectivity index (χ4v) is 4.43. The predicted octanol–water partition coefficient (Wildman–Crippen LogP) is 4.42. The molecule has 0 aliphatic carbocycles. The normalized spacial score (nSPS) is 15.2. The molecule has 1 fully saturated rings. The molecular formula is C27H26FN3O4S. The van der Waals surface area contributed by atoms with Crippen LogP contribution >= 0.6 is 12.2 Å². The number of rotatable bonds is 9. The molecule has 3 aromatic carbocycles. The molecule has 1 heterocycles. The third-order valence-electron chi connectivity index (χ3n) is 5.96. The van der Waals surface area contributed by atoms with Crippen LogP contribution in [0.1, 0.15) is 12.0 Å². The van der Waals surface area contributed by atoms with Gasteiger partial charge < -0.3 is 19.7 Å². The van der Waals surface area contributed by atoms with E-state index in [1.165, 1.54) is 17.0 Å². The van der Waals surface area contributed by atoms with Crippen LogP contribution in [0.2, 0.25) is 0 Å². The molecule has 2 amide bonds. The average Bonchev–Trinajstić information content (AvgIpc) is 3.12. The number of carbonyl (C=O) groups excluding carboxylic acids is 2. The second kappa shape index (κ2) is 11.2. The zero-order chi connectivity index (χ0) is 25.7. The smallest absolute Gasteiger partial charge is 0.256 e. The summed E-state index contributed by atoms with van der Waals surface area (Å²) in [6, 6.07) is 19.3. The SMILES string of the molecule is COc1ccc(NC(=O)CC2C(=O)N(c3ccc(OC)cc3)C(=S)N2CCc2ccc(F)cc2)cc1. The van der Waals surface area contributed by atoms with Crippen molar-refractivity contribution in [2.24, 2.45) is 0 Å². The van der Waals surface area contributed by atoms with Crippen molar-refractivity contribution in [2.75, 3.05) is 31.0 Å². The number of benzene rings is 3. The van der Waals surface area contributed by atoms with E-state index in [-0.39, 0.29) is 24.1 Å². The van der Waals surface area contributed by atoms with Gasteiger partial charge in [-0.05, 0) is 84.9 Å². The van der Waals surface area contributed by atoms with E-state index < -0.39 is 6.04 Å². The van der Waals surface area contributed by atoms with Gasteiger partial charge in [-0.2, -0.15) is 0 Å². The summed E-state index contributed by atoms with van der Waals surface area (Å²) in [5, 5.41) is 3.15. The Morgan fingerprint density at radius 2 is 1.53 bits per heavy atom. The van der Waals surface area contributed by atoms with Crippen LogP contribution in [0.25, 0.3) is 0 Å². The zero-order valence-corrected chi connectivity index (χ0v) is 20.8. The van der Waals surface area contributed by atoms with E-state index in [9.17, 15) is 14.0 Å². The Bertz CT molecular complexity index is 1230. The second-order valence-corrected chi connectivity index (χ2v) is 8.59. The van der Waals surface area contributed by atoms with E-state index in [0.717, 1.165) is 5.56 Å². The molecule has 0 bridgehead atoms. The minimum atomic E-state index is -0.779. The zero-order valence-electron chi connectivity index (χ0n) is 19.9. The van der Waals surface area contributed by atoms with Crippen LogP contribution in [-0.2, 0) is 16.0 Å². The van der Waals surface area contributed by atoms with Gasteiger partial charge in [0.2, 0.25) is 5.91 Å². The Morgan fingerprint density at radius 3 is 2.11 bits per heavy atom. The van der Waals surface area contributed by atoms with Crippen LogP contribution in [0.5, 0.6) is 11.5 Å². The van der Waals surface area contributed by atoms with Crippen molar-refractivity contribution in [3.05, 3.63) is 84.2 Å². The van der Waals surface area contributed by atoms with Gasteiger partial charge in [-0.1, -0.05) is 12.1 Å². The number of hydrogen-bond donors (Lipinski definition) is 1. The molecule has 0 saturated carbocycles. The van der Waals surface area contributed by atoms with E-state index >= 15 is 0 Å². The largest absolute Gasteiger partial charge is 0.497 e. The Morgan fingerprint density at radius 1 is 0.944 bits per heavy atom. The van der Waals surface area contributed by atoms with Gasteiger partial charge in [0.1, 0.15) is 23.4 Å². The van der Waals surface area contributed by atoms with Crippen molar-refractivity contribution >= 4 is 40.5 Å². The van der Waals surface area contributed by atoms with Crippen LogP contribution in [-0.4, -0.2) is 48.6 Å².